The topological polar surface area (TPSA) is 100.0 Å². The number of rotatable bonds is 1. The fraction of sp³-hybridized carbons (Fsp3) is 0.556. The molecule has 0 saturated carbocycles. The normalized spacial score (nSPS) is 25.6. The van der Waals surface area contributed by atoms with Gasteiger partial charge >= 0.3 is 0 Å². The van der Waals surface area contributed by atoms with Crippen molar-refractivity contribution in [2.75, 3.05) is 12.3 Å². The SMILES string of the molecule is N=c1c(C2NCCCC2F)cnc(N)n1O. The van der Waals surface area contributed by atoms with E-state index in [1.54, 1.807) is 0 Å². The Morgan fingerprint density at radius 1 is 1.69 bits per heavy atom. The third kappa shape index (κ3) is 1.73. The summed E-state index contributed by atoms with van der Waals surface area (Å²) in [5.74, 6) is -0.181. The first-order chi connectivity index (χ1) is 7.61. The highest BCUT2D eigenvalue weighted by Gasteiger charge is 2.28. The summed E-state index contributed by atoms with van der Waals surface area (Å²) >= 11 is 0. The molecule has 2 unspecified atom stereocenters. The van der Waals surface area contributed by atoms with Crippen molar-refractivity contribution in [2.24, 2.45) is 0 Å². The van der Waals surface area contributed by atoms with E-state index in [1.807, 2.05) is 0 Å². The number of halogens is 1. The van der Waals surface area contributed by atoms with Crippen LogP contribution < -0.4 is 16.5 Å². The minimum absolute atomic E-state index is 0.181. The molecule has 1 aromatic heterocycles. The van der Waals surface area contributed by atoms with E-state index >= 15 is 0 Å². The van der Waals surface area contributed by atoms with Crippen LogP contribution in [0.4, 0.5) is 10.3 Å². The number of piperidine rings is 1. The van der Waals surface area contributed by atoms with Crippen LogP contribution in [0.1, 0.15) is 24.4 Å². The van der Waals surface area contributed by atoms with Crippen LogP contribution in [-0.4, -0.2) is 27.6 Å². The van der Waals surface area contributed by atoms with Gasteiger partial charge in [0, 0.05) is 11.8 Å². The van der Waals surface area contributed by atoms with Crippen molar-refractivity contribution in [3.63, 3.8) is 0 Å². The second-order valence-corrected chi connectivity index (χ2v) is 3.82. The summed E-state index contributed by atoms with van der Waals surface area (Å²) in [5, 5.41) is 20.0. The van der Waals surface area contributed by atoms with E-state index in [0.717, 1.165) is 6.42 Å². The lowest BCUT2D eigenvalue weighted by Crippen LogP contribution is -2.40. The summed E-state index contributed by atoms with van der Waals surface area (Å²) < 4.78 is 14.1. The van der Waals surface area contributed by atoms with E-state index < -0.39 is 12.2 Å². The number of hydrogen-bond donors (Lipinski definition) is 4. The highest BCUT2D eigenvalue weighted by atomic mass is 19.1. The number of nitrogen functional groups attached to an aromatic ring is 1. The van der Waals surface area contributed by atoms with Gasteiger partial charge in [-0.1, -0.05) is 0 Å². The number of alkyl halides is 1. The zero-order chi connectivity index (χ0) is 11.7. The molecular formula is C9H14FN5O. The molecule has 0 bridgehead atoms. The molecule has 0 spiro atoms. The number of nitrogens with one attached hydrogen (secondary N) is 2. The first-order valence-corrected chi connectivity index (χ1v) is 5.10. The van der Waals surface area contributed by atoms with Crippen LogP contribution >= 0.6 is 0 Å². The van der Waals surface area contributed by atoms with Gasteiger partial charge in [0.15, 0.2) is 5.49 Å². The maximum atomic E-state index is 13.7. The van der Waals surface area contributed by atoms with Crippen molar-refractivity contribution in [3.8, 4) is 0 Å². The van der Waals surface area contributed by atoms with E-state index in [9.17, 15) is 9.60 Å². The van der Waals surface area contributed by atoms with Crippen LogP contribution in [-0.2, 0) is 0 Å². The smallest absolute Gasteiger partial charge is 0.236 e. The number of nitrogens with two attached hydrogens (primary N) is 1. The van der Waals surface area contributed by atoms with Crippen molar-refractivity contribution in [1.82, 2.24) is 15.0 Å². The lowest BCUT2D eigenvalue weighted by molar-refractivity contribution is 0.163. The summed E-state index contributed by atoms with van der Waals surface area (Å²) in [6.07, 6.45) is 1.49. The standard InChI is InChI=1S/C9H14FN5O/c10-6-2-1-3-13-7(6)5-4-14-9(12)15(16)8(5)11/h4,6-7,11,13,16H,1-3H2,(H2,12,14). The van der Waals surface area contributed by atoms with Crippen molar-refractivity contribution in [1.29, 1.82) is 5.41 Å². The largest absolute Gasteiger partial charge is 0.423 e. The summed E-state index contributed by atoms with van der Waals surface area (Å²) in [6.45, 7) is 0.695. The Balaban J connectivity index is 2.40. The van der Waals surface area contributed by atoms with Gasteiger partial charge in [0.05, 0.1) is 6.04 Å². The zero-order valence-electron chi connectivity index (χ0n) is 8.65. The lowest BCUT2D eigenvalue weighted by Gasteiger charge is -2.27. The monoisotopic (exact) mass is 227 g/mol. The molecule has 0 amide bonds. The van der Waals surface area contributed by atoms with E-state index in [4.69, 9.17) is 11.1 Å². The molecule has 88 valence electrons. The minimum atomic E-state index is -1.07. The summed E-state index contributed by atoms with van der Waals surface area (Å²) in [7, 11) is 0. The number of anilines is 1. The van der Waals surface area contributed by atoms with Gasteiger partial charge in [-0.2, -0.15) is 0 Å². The predicted molar refractivity (Wildman–Crippen MR) is 54.6 cm³/mol. The van der Waals surface area contributed by atoms with Crippen LogP contribution in [0.3, 0.4) is 0 Å². The van der Waals surface area contributed by atoms with Gasteiger partial charge in [0.1, 0.15) is 6.17 Å². The number of aromatic nitrogens is 2. The highest BCUT2D eigenvalue weighted by molar-refractivity contribution is 5.21. The van der Waals surface area contributed by atoms with Crippen LogP contribution in [0.15, 0.2) is 6.20 Å². The Morgan fingerprint density at radius 3 is 3.12 bits per heavy atom. The highest BCUT2D eigenvalue weighted by Crippen LogP contribution is 2.23. The molecule has 0 aliphatic carbocycles. The van der Waals surface area contributed by atoms with E-state index in [1.165, 1.54) is 6.20 Å². The molecule has 1 aliphatic rings. The zero-order valence-corrected chi connectivity index (χ0v) is 8.65. The molecule has 2 heterocycles. The van der Waals surface area contributed by atoms with Gasteiger partial charge in [0.25, 0.3) is 0 Å². The van der Waals surface area contributed by atoms with Gasteiger partial charge in [-0.05, 0) is 19.4 Å². The lowest BCUT2D eigenvalue weighted by atomic mass is 9.97. The molecule has 6 nitrogen and oxygen atoms in total. The molecule has 0 radical (unpaired) electrons. The van der Waals surface area contributed by atoms with Crippen LogP contribution in [0.5, 0.6) is 0 Å². The quantitative estimate of drug-likeness (QED) is 0.505. The Kier molecular flexibility index (Phi) is 2.78. The number of nitrogens with zero attached hydrogens (tertiary/aromatic N) is 2. The molecule has 2 rings (SSSR count). The van der Waals surface area contributed by atoms with Gasteiger partial charge in [0.2, 0.25) is 5.95 Å². The van der Waals surface area contributed by atoms with Gasteiger partial charge in [-0.25, -0.2) is 9.37 Å². The summed E-state index contributed by atoms with van der Waals surface area (Å²) in [6, 6.07) is -0.590. The molecule has 1 saturated heterocycles. The molecule has 16 heavy (non-hydrogen) atoms. The van der Waals surface area contributed by atoms with Crippen LogP contribution in [0.2, 0.25) is 0 Å². The van der Waals surface area contributed by atoms with E-state index in [-0.39, 0.29) is 11.4 Å². The third-order valence-corrected chi connectivity index (χ3v) is 2.76. The van der Waals surface area contributed by atoms with Crippen LogP contribution in [0.25, 0.3) is 0 Å². The molecular weight excluding hydrogens is 213 g/mol. The van der Waals surface area contributed by atoms with Crippen molar-refractivity contribution < 1.29 is 9.60 Å². The van der Waals surface area contributed by atoms with Crippen molar-refractivity contribution in [2.45, 2.75) is 25.1 Å². The Hall–Kier alpha value is -1.63. The van der Waals surface area contributed by atoms with Gasteiger partial charge < -0.3 is 16.3 Å². The average Bonchev–Trinajstić information content (AvgIpc) is 2.28. The fourth-order valence-corrected chi connectivity index (χ4v) is 1.87. The molecule has 2 atom stereocenters. The molecule has 1 fully saturated rings. The molecule has 0 aromatic carbocycles. The second-order valence-electron chi connectivity index (χ2n) is 3.82. The molecule has 1 aliphatic heterocycles. The maximum absolute atomic E-state index is 13.7. The fourth-order valence-electron chi connectivity index (χ4n) is 1.87. The summed E-state index contributed by atoms with van der Waals surface area (Å²) in [5.41, 5.74) is 5.42. The third-order valence-electron chi connectivity index (χ3n) is 2.76. The van der Waals surface area contributed by atoms with E-state index in [0.29, 0.717) is 23.3 Å². The molecule has 1 aromatic rings. The van der Waals surface area contributed by atoms with Gasteiger partial charge in [-0.3, -0.25) is 5.41 Å². The first-order valence-electron chi connectivity index (χ1n) is 5.10. The first kappa shape index (κ1) is 10.9. The molecule has 7 heteroatoms. The van der Waals surface area contributed by atoms with Gasteiger partial charge in [-0.15, -0.1) is 4.73 Å². The number of hydrogen-bond acceptors (Lipinski definition) is 5. The Bertz CT molecular complexity index is 446. The molecule has 5 N–H and O–H groups in total. The Morgan fingerprint density at radius 2 is 2.44 bits per heavy atom. The Labute approximate surface area is 91.4 Å². The van der Waals surface area contributed by atoms with Crippen molar-refractivity contribution >= 4 is 5.95 Å². The van der Waals surface area contributed by atoms with Crippen molar-refractivity contribution in [3.05, 3.63) is 17.2 Å². The van der Waals surface area contributed by atoms with Crippen LogP contribution in [0, 0.1) is 5.41 Å². The average molecular weight is 227 g/mol. The predicted octanol–water partition coefficient (Wildman–Crippen LogP) is -0.0553. The minimum Gasteiger partial charge on any atom is -0.423 e. The summed E-state index contributed by atoms with van der Waals surface area (Å²) in [4.78, 5) is 3.71. The maximum Gasteiger partial charge on any atom is 0.236 e. The second kappa shape index (κ2) is 4.09. The van der Waals surface area contributed by atoms with E-state index in [2.05, 4.69) is 10.3 Å².